The van der Waals surface area contributed by atoms with Gasteiger partial charge in [0.2, 0.25) is 0 Å². The first-order valence-corrected chi connectivity index (χ1v) is 16.1. The molecule has 0 aromatic heterocycles. The molecule has 9 nitrogen and oxygen atoms in total. The van der Waals surface area contributed by atoms with E-state index in [2.05, 4.69) is 49.2 Å². The Labute approximate surface area is 285 Å². The maximum absolute atomic E-state index is 9.48. The Morgan fingerprint density at radius 1 is 0.750 bits per heavy atom. The van der Waals surface area contributed by atoms with Crippen molar-refractivity contribution in [2.24, 2.45) is 0 Å². The van der Waals surface area contributed by atoms with Crippen molar-refractivity contribution < 1.29 is 43.8 Å². The highest BCUT2D eigenvalue weighted by atomic mass is 17.1. The highest BCUT2D eigenvalue weighted by molar-refractivity contribution is 5.72. The Morgan fingerprint density at radius 2 is 1.33 bits per heavy atom. The molecule has 0 fully saturated rings. The van der Waals surface area contributed by atoms with E-state index in [-0.39, 0.29) is 18.8 Å². The molecule has 0 unspecified atom stereocenters. The molecule has 0 saturated heterocycles. The fourth-order valence-corrected chi connectivity index (χ4v) is 4.12. The second-order valence-electron chi connectivity index (χ2n) is 10.9. The molecule has 0 heterocycles. The van der Waals surface area contributed by atoms with Crippen molar-refractivity contribution >= 4 is 12.6 Å². The maximum atomic E-state index is 9.48. The predicted molar refractivity (Wildman–Crippen MR) is 190 cm³/mol. The molecule has 48 heavy (non-hydrogen) atoms. The Hall–Kier alpha value is -4.28. The Balaban J connectivity index is 0.000000902. The summed E-state index contributed by atoms with van der Waals surface area (Å²) in [6.45, 7) is 12.2. The van der Waals surface area contributed by atoms with Crippen LogP contribution in [0.3, 0.4) is 0 Å². The first kappa shape index (κ1) is 41.7. The quantitative estimate of drug-likeness (QED) is 0.0386. The molecule has 0 atom stereocenters. The summed E-state index contributed by atoms with van der Waals surface area (Å²) in [5, 5.41) is 16.5. The van der Waals surface area contributed by atoms with Gasteiger partial charge >= 0.3 is 0 Å². The SMILES string of the molecule is C=C(C)C=O.C=C(C=O)CO.CCCCCCCc1cc(OCc2ccc(OCCOC)cc2)ccc1-c1ccc(OCCOO)cc1. The number of benzene rings is 3. The van der Waals surface area contributed by atoms with Crippen LogP contribution in [0.25, 0.3) is 11.1 Å². The summed E-state index contributed by atoms with van der Waals surface area (Å²) in [7, 11) is 1.66. The van der Waals surface area contributed by atoms with E-state index in [1.807, 2.05) is 42.5 Å². The summed E-state index contributed by atoms with van der Waals surface area (Å²) < 4.78 is 22.4. The summed E-state index contributed by atoms with van der Waals surface area (Å²) in [5.41, 5.74) is 5.53. The van der Waals surface area contributed by atoms with Crippen LogP contribution in [-0.2, 0) is 32.2 Å². The zero-order chi connectivity index (χ0) is 35.4. The van der Waals surface area contributed by atoms with Crippen LogP contribution in [0.4, 0.5) is 0 Å². The molecule has 3 aromatic carbocycles. The van der Waals surface area contributed by atoms with E-state index in [0.29, 0.717) is 38.3 Å². The smallest absolute Gasteiger partial charge is 0.147 e. The summed E-state index contributed by atoms with van der Waals surface area (Å²) in [6, 6.07) is 22.4. The van der Waals surface area contributed by atoms with E-state index >= 15 is 0 Å². The molecule has 0 aliphatic heterocycles. The van der Waals surface area contributed by atoms with Crippen molar-refractivity contribution in [2.45, 2.75) is 59.0 Å². The van der Waals surface area contributed by atoms with Crippen LogP contribution in [0.5, 0.6) is 17.2 Å². The third-order valence-corrected chi connectivity index (χ3v) is 6.69. The van der Waals surface area contributed by atoms with Gasteiger partial charge in [0.05, 0.1) is 13.2 Å². The van der Waals surface area contributed by atoms with Crippen molar-refractivity contribution in [2.75, 3.05) is 40.1 Å². The fourth-order valence-electron chi connectivity index (χ4n) is 4.12. The highest BCUT2D eigenvalue weighted by Crippen LogP contribution is 2.31. The molecule has 2 N–H and O–H groups in total. The first-order valence-electron chi connectivity index (χ1n) is 16.1. The van der Waals surface area contributed by atoms with Crippen LogP contribution in [0.1, 0.15) is 57.1 Å². The van der Waals surface area contributed by atoms with Crippen LogP contribution in [0, 0.1) is 0 Å². The standard InChI is InChI=1S/C31H40O6.C4H6O2.C4H6O/c1-3-4-5-6-7-8-27-23-30(36-24-25-9-13-28(14-10-25)34-20-19-33-2)17-18-31(27)26-11-15-29(16-12-26)35-21-22-37-32;1-4(2-5)3-6;1-4(2)3-5/h9-18,23,32H,3-8,19-22,24H2,1-2H3;2,6H,1,3H2;3H,1H2,2H3. The topological polar surface area (TPSA) is 121 Å². The van der Waals surface area contributed by atoms with Crippen molar-refractivity contribution in [3.8, 4) is 28.4 Å². The molecule has 0 spiro atoms. The number of hydrogen-bond donors (Lipinski definition) is 2. The molecule has 262 valence electrons. The fraction of sp³-hybridized carbons (Fsp3) is 0.385. The summed E-state index contributed by atoms with van der Waals surface area (Å²) in [6.07, 6.45) is 8.45. The van der Waals surface area contributed by atoms with Crippen LogP contribution in [0.2, 0.25) is 0 Å². The van der Waals surface area contributed by atoms with Gasteiger partial charge in [-0.1, -0.05) is 76.1 Å². The monoisotopic (exact) mass is 664 g/mol. The lowest BCUT2D eigenvalue weighted by molar-refractivity contribution is -0.245. The summed E-state index contributed by atoms with van der Waals surface area (Å²) in [5.74, 6) is 2.45. The van der Waals surface area contributed by atoms with Crippen molar-refractivity contribution in [3.63, 3.8) is 0 Å². The number of rotatable bonds is 21. The summed E-state index contributed by atoms with van der Waals surface area (Å²) in [4.78, 5) is 23.0. The Morgan fingerprint density at radius 3 is 1.85 bits per heavy atom. The van der Waals surface area contributed by atoms with Gasteiger partial charge in [0.25, 0.3) is 0 Å². The number of methoxy groups -OCH3 is 1. The van der Waals surface area contributed by atoms with Gasteiger partial charge in [0.15, 0.2) is 0 Å². The molecular weight excluding hydrogens is 612 g/mol. The number of allylic oxidation sites excluding steroid dienone is 1. The number of aryl methyl sites for hydroxylation is 1. The molecule has 9 heteroatoms. The highest BCUT2D eigenvalue weighted by Gasteiger charge is 2.09. The van der Waals surface area contributed by atoms with E-state index < -0.39 is 0 Å². The molecule has 0 radical (unpaired) electrons. The molecular formula is C39H52O9. The van der Waals surface area contributed by atoms with Gasteiger partial charge in [-0.05, 0) is 84.0 Å². The van der Waals surface area contributed by atoms with Crippen molar-refractivity contribution in [1.29, 1.82) is 0 Å². The Bertz CT molecular complexity index is 1320. The normalized spacial score (nSPS) is 10.0. The van der Waals surface area contributed by atoms with Gasteiger partial charge < -0.3 is 24.1 Å². The minimum atomic E-state index is -0.233. The average molecular weight is 665 g/mol. The van der Waals surface area contributed by atoms with Crippen LogP contribution in [-0.4, -0.2) is 63.1 Å². The zero-order valence-electron chi connectivity index (χ0n) is 28.7. The largest absolute Gasteiger partial charge is 0.491 e. The first-order chi connectivity index (χ1) is 23.3. The molecule has 0 aliphatic carbocycles. The van der Waals surface area contributed by atoms with E-state index in [0.717, 1.165) is 47.5 Å². The number of ether oxygens (including phenoxy) is 4. The second kappa shape index (κ2) is 26.8. The number of unbranched alkanes of at least 4 members (excludes halogenated alkanes) is 4. The van der Waals surface area contributed by atoms with Crippen molar-refractivity contribution in [3.05, 3.63) is 102 Å². The van der Waals surface area contributed by atoms with Crippen molar-refractivity contribution in [1.82, 2.24) is 0 Å². The Kier molecular flexibility index (Phi) is 23.3. The van der Waals surface area contributed by atoms with Gasteiger partial charge in [0, 0.05) is 12.7 Å². The molecule has 3 rings (SSSR count). The number of aliphatic hydroxyl groups excluding tert-OH is 1. The van der Waals surface area contributed by atoms with Gasteiger partial charge in [0.1, 0.15) is 56.2 Å². The van der Waals surface area contributed by atoms with Crippen LogP contribution in [0.15, 0.2) is 91.0 Å². The molecule has 3 aromatic rings. The van der Waals surface area contributed by atoms with E-state index in [1.54, 1.807) is 14.0 Å². The number of aliphatic hydroxyl groups is 1. The zero-order valence-corrected chi connectivity index (χ0v) is 28.7. The van der Waals surface area contributed by atoms with Crippen LogP contribution < -0.4 is 14.2 Å². The van der Waals surface area contributed by atoms with Gasteiger partial charge in [-0.3, -0.25) is 14.8 Å². The molecule has 0 amide bonds. The number of carbonyl (C=O) groups is 2. The van der Waals surface area contributed by atoms with Gasteiger partial charge in [-0.15, -0.1) is 0 Å². The lowest BCUT2D eigenvalue weighted by Gasteiger charge is -2.14. The lowest BCUT2D eigenvalue weighted by Crippen LogP contribution is -2.04. The number of aldehydes is 2. The predicted octanol–water partition coefficient (Wildman–Crippen LogP) is 7.83. The van der Waals surface area contributed by atoms with Crippen LogP contribution >= 0.6 is 0 Å². The summed E-state index contributed by atoms with van der Waals surface area (Å²) >= 11 is 0. The minimum Gasteiger partial charge on any atom is -0.491 e. The third kappa shape index (κ3) is 18.8. The van der Waals surface area contributed by atoms with Gasteiger partial charge in [-0.25, -0.2) is 4.89 Å². The maximum Gasteiger partial charge on any atom is 0.147 e. The number of hydrogen-bond acceptors (Lipinski definition) is 9. The molecule has 0 saturated carbocycles. The molecule has 0 aliphatic rings. The van der Waals surface area contributed by atoms with E-state index in [9.17, 15) is 9.59 Å². The van der Waals surface area contributed by atoms with E-state index in [4.69, 9.17) is 29.3 Å². The van der Waals surface area contributed by atoms with E-state index in [1.165, 1.54) is 36.8 Å². The lowest BCUT2D eigenvalue weighted by atomic mass is 9.95. The van der Waals surface area contributed by atoms with Gasteiger partial charge in [-0.2, -0.15) is 0 Å². The average Bonchev–Trinajstić information content (AvgIpc) is 3.12. The number of carbonyl (C=O) groups excluding carboxylic acids is 2. The second-order valence-corrected chi connectivity index (χ2v) is 10.9. The minimum absolute atomic E-state index is 0.137. The molecule has 0 bridgehead atoms. The third-order valence-electron chi connectivity index (χ3n) is 6.69.